The quantitative estimate of drug-likeness (QED) is 0.672. The number of hydrogen-bond acceptors (Lipinski definition) is 6. The van der Waals surface area contributed by atoms with Crippen molar-refractivity contribution < 1.29 is 14.3 Å². The molecule has 0 aromatic carbocycles. The van der Waals surface area contributed by atoms with Crippen LogP contribution in [0.2, 0.25) is 0 Å². The van der Waals surface area contributed by atoms with Crippen molar-refractivity contribution in [2.24, 2.45) is 11.8 Å². The number of piperidine rings is 1. The van der Waals surface area contributed by atoms with E-state index in [-0.39, 0.29) is 12.0 Å². The average Bonchev–Trinajstić information content (AvgIpc) is 3.21. The number of nitrogens with one attached hydrogen (secondary N) is 2. The third-order valence-electron chi connectivity index (χ3n) is 5.82. The van der Waals surface area contributed by atoms with Crippen LogP contribution in [0, 0.1) is 11.8 Å². The van der Waals surface area contributed by atoms with Gasteiger partial charge in [-0.05, 0) is 31.6 Å². The SMILES string of the molecule is C[C@H]1CC[C@H](C2CCCOC2)N(C(=O)C(=O)Nc2cnc(N)c3cn[nH]c23)C1. The van der Waals surface area contributed by atoms with Gasteiger partial charge >= 0.3 is 11.8 Å². The van der Waals surface area contributed by atoms with E-state index in [1.165, 1.54) is 6.20 Å². The number of carbonyl (C=O) groups excluding carboxylic acids is 2. The molecule has 0 radical (unpaired) electrons. The smallest absolute Gasteiger partial charge is 0.314 e. The predicted molar refractivity (Wildman–Crippen MR) is 104 cm³/mol. The van der Waals surface area contributed by atoms with Crippen LogP contribution in [0.4, 0.5) is 11.5 Å². The van der Waals surface area contributed by atoms with E-state index in [1.54, 1.807) is 11.1 Å². The number of aromatic amines is 1. The second kappa shape index (κ2) is 7.75. The van der Waals surface area contributed by atoms with Crippen LogP contribution in [0.3, 0.4) is 0 Å². The van der Waals surface area contributed by atoms with Crippen LogP contribution in [0.25, 0.3) is 10.9 Å². The molecular weight excluding hydrogens is 360 g/mol. The van der Waals surface area contributed by atoms with Gasteiger partial charge in [-0.1, -0.05) is 6.92 Å². The third-order valence-corrected chi connectivity index (χ3v) is 5.82. The van der Waals surface area contributed by atoms with Crippen molar-refractivity contribution in [1.29, 1.82) is 0 Å². The van der Waals surface area contributed by atoms with E-state index in [1.807, 2.05) is 0 Å². The van der Waals surface area contributed by atoms with Gasteiger partial charge in [-0.2, -0.15) is 5.10 Å². The number of likely N-dealkylation sites (tertiary alicyclic amines) is 1. The minimum absolute atomic E-state index is 0.0477. The zero-order chi connectivity index (χ0) is 19.7. The van der Waals surface area contributed by atoms with Gasteiger partial charge in [0, 0.05) is 25.1 Å². The number of amides is 2. The maximum Gasteiger partial charge on any atom is 0.314 e. The van der Waals surface area contributed by atoms with Gasteiger partial charge in [-0.15, -0.1) is 0 Å². The zero-order valence-corrected chi connectivity index (χ0v) is 16.0. The summed E-state index contributed by atoms with van der Waals surface area (Å²) in [5.74, 6) is -0.203. The molecule has 2 aliphatic rings. The molecule has 28 heavy (non-hydrogen) atoms. The molecule has 2 amide bonds. The van der Waals surface area contributed by atoms with Crippen LogP contribution in [0.5, 0.6) is 0 Å². The van der Waals surface area contributed by atoms with Crippen molar-refractivity contribution in [1.82, 2.24) is 20.1 Å². The minimum atomic E-state index is -0.668. The van der Waals surface area contributed by atoms with E-state index in [2.05, 4.69) is 27.4 Å². The van der Waals surface area contributed by atoms with Gasteiger partial charge in [0.2, 0.25) is 0 Å². The summed E-state index contributed by atoms with van der Waals surface area (Å²) in [4.78, 5) is 31.6. The summed E-state index contributed by atoms with van der Waals surface area (Å²) in [6, 6.07) is 0.0477. The first kappa shape index (κ1) is 18.7. The minimum Gasteiger partial charge on any atom is -0.383 e. The van der Waals surface area contributed by atoms with Crippen molar-refractivity contribution in [2.45, 2.75) is 38.6 Å². The maximum atomic E-state index is 13.0. The normalized spacial score (nSPS) is 25.6. The highest BCUT2D eigenvalue weighted by Crippen LogP contribution is 2.31. The molecule has 0 spiro atoms. The molecule has 2 aliphatic heterocycles. The Hall–Kier alpha value is -2.68. The van der Waals surface area contributed by atoms with Crippen LogP contribution in [0.1, 0.15) is 32.6 Å². The van der Waals surface area contributed by atoms with E-state index in [9.17, 15) is 9.59 Å². The van der Waals surface area contributed by atoms with Gasteiger partial charge in [0.15, 0.2) is 0 Å². The first-order valence-corrected chi connectivity index (χ1v) is 9.82. The highest BCUT2D eigenvalue weighted by atomic mass is 16.5. The highest BCUT2D eigenvalue weighted by Gasteiger charge is 2.38. The number of nitrogen functional groups attached to an aromatic ring is 1. The second-order valence-electron chi connectivity index (χ2n) is 7.85. The third kappa shape index (κ3) is 3.54. The van der Waals surface area contributed by atoms with E-state index in [0.29, 0.717) is 41.5 Å². The molecule has 0 bridgehead atoms. The summed E-state index contributed by atoms with van der Waals surface area (Å²) in [6.07, 6.45) is 6.97. The highest BCUT2D eigenvalue weighted by molar-refractivity contribution is 6.40. The molecule has 4 heterocycles. The van der Waals surface area contributed by atoms with E-state index in [4.69, 9.17) is 10.5 Å². The Morgan fingerprint density at radius 1 is 1.32 bits per heavy atom. The number of pyridine rings is 1. The number of ether oxygens (including phenoxy) is 1. The molecule has 2 saturated heterocycles. The summed E-state index contributed by atoms with van der Waals surface area (Å²) in [7, 11) is 0. The molecule has 9 heteroatoms. The lowest BCUT2D eigenvalue weighted by Gasteiger charge is -2.43. The van der Waals surface area contributed by atoms with Gasteiger partial charge in [0.25, 0.3) is 0 Å². The van der Waals surface area contributed by atoms with Crippen molar-refractivity contribution in [3.05, 3.63) is 12.4 Å². The van der Waals surface area contributed by atoms with Crippen LogP contribution >= 0.6 is 0 Å². The van der Waals surface area contributed by atoms with Gasteiger partial charge in [0.1, 0.15) is 5.82 Å². The number of carbonyl (C=O) groups is 2. The maximum absolute atomic E-state index is 13.0. The van der Waals surface area contributed by atoms with Crippen molar-refractivity contribution in [2.75, 3.05) is 30.8 Å². The fourth-order valence-electron chi connectivity index (χ4n) is 4.32. The Balaban J connectivity index is 1.52. The lowest BCUT2D eigenvalue weighted by Crippen LogP contribution is -2.54. The van der Waals surface area contributed by atoms with Gasteiger partial charge in [-0.25, -0.2) is 4.98 Å². The summed E-state index contributed by atoms with van der Waals surface area (Å²) in [5.41, 5.74) is 6.77. The Kier molecular flexibility index (Phi) is 5.17. The first-order chi connectivity index (χ1) is 13.5. The van der Waals surface area contributed by atoms with E-state index >= 15 is 0 Å². The monoisotopic (exact) mass is 386 g/mol. The summed E-state index contributed by atoms with van der Waals surface area (Å²) >= 11 is 0. The van der Waals surface area contributed by atoms with Crippen molar-refractivity contribution >= 4 is 34.2 Å². The Morgan fingerprint density at radius 3 is 2.96 bits per heavy atom. The summed E-state index contributed by atoms with van der Waals surface area (Å²) in [6.45, 7) is 4.14. The number of H-pyrrole nitrogens is 1. The number of rotatable bonds is 2. The number of anilines is 2. The van der Waals surface area contributed by atoms with E-state index < -0.39 is 11.8 Å². The van der Waals surface area contributed by atoms with E-state index in [0.717, 1.165) is 32.3 Å². The van der Waals surface area contributed by atoms with Crippen molar-refractivity contribution in [3.8, 4) is 0 Å². The predicted octanol–water partition coefficient (Wildman–Crippen LogP) is 1.53. The lowest BCUT2D eigenvalue weighted by molar-refractivity contribution is -0.148. The fourth-order valence-corrected chi connectivity index (χ4v) is 4.32. The number of hydrogen-bond donors (Lipinski definition) is 3. The molecule has 2 fully saturated rings. The van der Waals surface area contributed by atoms with Gasteiger partial charge in [0.05, 0.1) is 35.6 Å². The summed E-state index contributed by atoms with van der Waals surface area (Å²) in [5, 5.41) is 10.0. The second-order valence-corrected chi connectivity index (χ2v) is 7.85. The molecular formula is C19H26N6O3. The molecule has 3 atom stereocenters. The molecule has 150 valence electrons. The molecule has 0 saturated carbocycles. The Morgan fingerprint density at radius 2 is 2.18 bits per heavy atom. The first-order valence-electron chi connectivity index (χ1n) is 9.82. The number of fused-ring (bicyclic) bond motifs is 1. The molecule has 9 nitrogen and oxygen atoms in total. The molecule has 2 aromatic rings. The molecule has 4 N–H and O–H groups in total. The molecule has 1 unspecified atom stereocenters. The Bertz CT molecular complexity index is 876. The number of nitrogens with zero attached hydrogens (tertiary/aromatic N) is 3. The largest absolute Gasteiger partial charge is 0.383 e. The van der Waals surface area contributed by atoms with Crippen LogP contribution in [0.15, 0.2) is 12.4 Å². The fraction of sp³-hybridized carbons (Fsp3) is 0.579. The van der Waals surface area contributed by atoms with Gasteiger partial charge < -0.3 is 20.7 Å². The standard InChI is InChI=1S/C19H26N6O3/c1-11-4-5-15(12-3-2-6-28-10-12)25(9-11)19(27)18(26)23-14-8-21-17(20)13-7-22-24-16(13)14/h7-8,11-12,15H,2-6,9-10H2,1H3,(H2,20,21)(H,22,24)(H,23,26)/t11-,12?,15+/m0/s1. The van der Waals surface area contributed by atoms with Crippen LogP contribution in [-0.2, 0) is 14.3 Å². The zero-order valence-electron chi connectivity index (χ0n) is 16.0. The number of nitrogens with two attached hydrogens (primary N) is 1. The van der Waals surface area contributed by atoms with Gasteiger partial charge in [-0.3, -0.25) is 14.7 Å². The number of aromatic nitrogens is 3. The topological polar surface area (TPSA) is 126 Å². The van der Waals surface area contributed by atoms with Crippen LogP contribution < -0.4 is 11.1 Å². The lowest BCUT2D eigenvalue weighted by atomic mass is 9.83. The summed E-state index contributed by atoms with van der Waals surface area (Å²) < 4.78 is 5.63. The van der Waals surface area contributed by atoms with Crippen LogP contribution in [-0.4, -0.2) is 57.7 Å². The van der Waals surface area contributed by atoms with Crippen molar-refractivity contribution in [3.63, 3.8) is 0 Å². The molecule has 0 aliphatic carbocycles. The molecule has 2 aromatic heterocycles. The Labute approximate surface area is 163 Å². The molecule has 4 rings (SSSR count). The average molecular weight is 386 g/mol.